The highest BCUT2D eigenvalue weighted by atomic mass is 35.5. The van der Waals surface area contributed by atoms with Gasteiger partial charge in [0.25, 0.3) is 5.91 Å². The molecule has 0 aliphatic carbocycles. The van der Waals surface area contributed by atoms with Gasteiger partial charge in [-0.2, -0.15) is 5.10 Å². The summed E-state index contributed by atoms with van der Waals surface area (Å²) >= 11 is 6.42. The molecule has 1 atom stereocenters. The number of rotatable bonds is 12. The summed E-state index contributed by atoms with van der Waals surface area (Å²) in [6, 6.07) is 14.7. The predicted molar refractivity (Wildman–Crippen MR) is 181 cm³/mol. The number of nitrogens with zero attached hydrogens (tertiary/aromatic N) is 6. The van der Waals surface area contributed by atoms with Crippen LogP contribution in [0.4, 0.5) is 8.78 Å². The van der Waals surface area contributed by atoms with E-state index in [1.165, 1.54) is 30.5 Å². The molecule has 5 heterocycles. The number of carboxylic acid groups (broad SMARTS) is 1. The number of carboxylic acids is 1. The molecule has 12 nitrogen and oxygen atoms in total. The van der Waals surface area contributed by atoms with Crippen LogP contribution in [-0.4, -0.2) is 59.0 Å². The lowest BCUT2D eigenvalue weighted by atomic mass is 10.0. The van der Waals surface area contributed by atoms with Gasteiger partial charge in [0.1, 0.15) is 29.8 Å². The number of imidazole rings is 1. The van der Waals surface area contributed by atoms with Crippen LogP contribution in [0.1, 0.15) is 49.9 Å². The zero-order valence-electron chi connectivity index (χ0n) is 27.1. The Morgan fingerprint density at radius 1 is 1.08 bits per heavy atom. The molecule has 1 aliphatic heterocycles. The molecule has 0 bridgehead atoms. The molecule has 51 heavy (non-hydrogen) atoms. The van der Waals surface area contributed by atoms with Crippen molar-refractivity contribution in [3.63, 3.8) is 0 Å². The second kappa shape index (κ2) is 14.2. The summed E-state index contributed by atoms with van der Waals surface area (Å²) in [5.74, 6) is -2.26. The first-order valence-electron chi connectivity index (χ1n) is 15.9. The fourth-order valence-electron chi connectivity index (χ4n) is 5.67. The van der Waals surface area contributed by atoms with Crippen molar-refractivity contribution in [3.8, 4) is 17.1 Å². The van der Waals surface area contributed by atoms with Gasteiger partial charge in [0.05, 0.1) is 52.2 Å². The van der Waals surface area contributed by atoms with Crippen LogP contribution in [0.3, 0.4) is 0 Å². The third-order valence-corrected chi connectivity index (χ3v) is 8.83. The number of amides is 1. The molecule has 0 saturated carbocycles. The number of pyridine rings is 2. The normalized spacial score (nSPS) is 14.0. The van der Waals surface area contributed by atoms with Crippen molar-refractivity contribution in [2.45, 2.75) is 38.6 Å². The highest BCUT2D eigenvalue weighted by molar-refractivity contribution is 6.31. The number of carbonyl (C=O) groups excluding carboxylic acids is 1. The number of nitrogens with one attached hydrogen (secondary N) is 1. The van der Waals surface area contributed by atoms with Gasteiger partial charge in [0, 0.05) is 49.7 Å². The van der Waals surface area contributed by atoms with Crippen LogP contribution in [0.5, 0.6) is 5.88 Å². The number of carbonyl (C=O) groups is 2. The Kier molecular flexibility index (Phi) is 9.43. The summed E-state index contributed by atoms with van der Waals surface area (Å²) < 4.78 is 46.1. The molecule has 2 aromatic carbocycles. The van der Waals surface area contributed by atoms with Crippen molar-refractivity contribution in [1.29, 1.82) is 0 Å². The molecular weight excluding hydrogens is 684 g/mol. The standard InChI is InChI=1S/C36H30ClF2N7O5/c1-45-9-7-23(44-45)17-41-35(47)31-15-26(37)22(16-40-31)19-51-34-4-2-3-29(43-34)25-14-27(38)21(11-28(25)39)13-33-42-30-6-5-20(36(48)49)12-32(30)46(33)18-24-8-10-50-24/h2-7,9,11-12,14-16,24H,8,10,13,17-19H2,1H3,(H,41,47)(H,48,49)/t24-/m0/s1. The van der Waals surface area contributed by atoms with E-state index in [2.05, 4.69) is 25.4 Å². The third kappa shape index (κ3) is 7.42. The highest BCUT2D eigenvalue weighted by Gasteiger charge is 2.24. The van der Waals surface area contributed by atoms with Crippen molar-refractivity contribution in [1.82, 2.24) is 34.6 Å². The topological polar surface area (TPSA) is 146 Å². The van der Waals surface area contributed by atoms with Gasteiger partial charge >= 0.3 is 5.97 Å². The molecule has 0 radical (unpaired) electrons. The smallest absolute Gasteiger partial charge is 0.335 e. The summed E-state index contributed by atoms with van der Waals surface area (Å²) in [5, 5.41) is 16.7. The lowest BCUT2D eigenvalue weighted by molar-refractivity contribution is -0.0589. The van der Waals surface area contributed by atoms with E-state index in [0.29, 0.717) is 41.3 Å². The van der Waals surface area contributed by atoms with E-state index in [9.17, 15) is 14.7 Å². The summed E-state index contributed by atoms with van der Waals surface area (Å²) in [6.45, 7) is 1.21. The minimum Gasteiger partial charge on any atom is -0.478 e. The third-order valence-electron chi connectivity index (χ3n) is 8.47. The Morgan fingerprint density at radius 3 is 2.65 bits per heavy atom. The first-order chi connectivity index (χ1) is 24.6. The van der Waals surface area contributed by atoms with Crippen molar-refractivity contribution < 1.29 is 33.0 Å². The average molecular weight is 714 g/mol. The summed E-state index contributed by atoms with van der Waals surface area (Å²) in [7, 11) is 1.78. The van der Waals surface area contributed by atoms with E-state index in [1.807, 2.05) is 4.57 Å². The molecule has 0 spiro atoms. The van der Waals surface area contributed by atoms with Crippen LogP contribution >= 0.6 is 11.6 Å². The Morgan fingerprint density at radius 2 is 1.92 bits per heavy atom. The molecule has 6 aromatic rings. The second-order valence-corrected chi connectivity index (χ2v) is 12.4. The van der Waals surface area contributed by atoms with Crippen LogP contribution in [0.25, 0.3) is 22.3 Å². The molecule has 1 aliphatic rings. The van der Waals surface area contributed by atoms with Crippen molar-refractivity contribution in [3.05, 3.63) is 124 Å². The van der Waals surface area contributed by atoms with Gasteiger partial charge in [-0.3, -0.25) is 14.5 Å². The fourth-order valence-corrected chi connectivity index (χ4v) is 5.88. The SMILES string of the molecule is Cn1ccc(CNC(=O)c2cc(Cl)c(COc3cccc(-c4cc(F)c(Cc5nc6ccc(C(=O)O)cc6n5C[C@@H]5CCO5)cc4F)n3)cn2)n1. The molecule has 2 N–H and O–H groups in total. The Labute approximate surface area is 294 Å². The van der Waals surface area contributed by atoms with E-state index < -0.39 is 23.5 Å². The van der Waals surface area contributed by atoms with Crippen LogP contribution in [0, 0.1) is 11.6 Å². The van der Waals surface area contributed by atoms with Gasteiger partial charge in [0.15, 0.2) is 0 Å². The number of ether oxygens (including phenoxy) is 2. The monoisotopic (exact) mass is 713 g/mol. The van der Waals surface area contributed by atoms with Crippen LogP contribution in [-0.2, 0) is 37.9 Å². The lowest BCUT2D eigenvalue weighted by Gasteiger charge is -2.27. The van der Waals surface area contributed by atoms with Crippen molar-refractivity contribution >= 4 is 34.5 Å². The molecule has 4 aromatic heterocycles. The minimum atomic E-state index is -1.08. The number of benzene rings is 2. The van der Waals surface area contributed by atoms with E-state index in [-0.39, 0.29) is 64.7 Å². The van der Waals surface area contributed by atoms with Crippen LogP contribution < -0.4 is 10.1 Å². The summed E-state index contributed by atoms with van der Waals surface area (Å²) in [6.07, 6.45) is 3.90. The number of fused-ring (bicyclic) bond motifs is 1. The van der Waals surface area contributed by atoms with Gasteiger partial charge in [-0.25, -0.2) is 23.5 Å². The van der Waals surface area contributed by atoms with E-state index in [1.54, 1.807) is 42.2 Å². The van der Waals surface area contributed by atoms with Crippen LogP contribution in [0.2, 0.25) is 5.02 Å². The molecule has 1 saturated heterocycles. The molecule has 1 fully saturated rings. The zero-order chi connectivity index (χ0) is 35.6. The maximum atomic E-state index is 15.6. The highest BCUT2D eigenvalue weighted by Crippen LogP contribution is 2.29. The van der Waals surface area contributed by atoms with Gasteiger partial charge in [-0.1, -0.05) is 17.7 Å². The first kappa shape index (κ1) is 33.8. The lowest BCUT2D eigenvalue weighted by Crippen LogP contribution is -2.31. The van der Waals surface area contributed by atoms with Gasteiger partial charge in [-0.15, -0.1) is 0 Å². The number of hydrogen-bond donors (Lipinski definition) is 2. The number of hydrogen-bond acceptors (Lipinski definition) is 8. The van der Waals surface area contributed by atoms with Crippen LogP contribution in [0.15, 0.2) is 73.1 Å². The molecule has 7 rings (SSSR count). The largest absolute Gasteiger partial charge is 0.478 e. The van der Waals surface area contributed by atoms with E-state index in [4.69, 9.17) is 21.1 Å². The molecular formula is C36H30ClF2N7O5. The molecule has 1 amide bonds. The Bertz CT molecular complexity index is 2290. The summed E-state index contributed by atoms with van der Waals surface area (Å²) in [5.41, 5.74) is 2.68. The fraction of sp³-hybridized carbons (Fsp3) is 0.222. The number of aromatic carboxylic acids is 1. The molecule has 15 heteroatoms. The maximum Gasteiger partial charge on any atom is 0.335 e. The summed E-state index contributed by atoms with van der Waals surface area (Å²) in [4.78, 5) is 37.4. The predicted octanol–water partition coefficient (Wildman–Crippen LogP) is 5.75. The van der Waals surface area contributed by atoms with Gasteiger partial charge < -0.3 is 24.5 Å². The first-order valence-corrected chi connectivity index (χ1v) is 16.3. The van der Waals surface area contributed by atoms with E-state index >= 15 is 8.78 Å². The number of aromatic nitrogens is 6. The number of aryl methyl sites for hydroxylation is 1. The van der Waals surface area contributed by atoms with Crippen molar-refractivity contribution in [2.24, 2.45) is 7.05 Å². The van der Waals surface area contributed by atoms with Gasteiger partial charge in [-0.05, 0) is 60.5 Å². The Hall–Kier alpha value is -5.73. The van der Waals surface area contributed by atoms with E-state index in [0.717, 1.165) is 18.6 Å². The maximum absolute atomic E-state index is 15.6. The zero-order valence-corrected chi connectivity index (χ0v) is 27.9. The van der Waals surface area contributed by atoms with Gasteiger partial charge in [0.2, 0.25) is 5.88 Å². The average Bonchev–Trinajstić information content (AvgIpc) is 3.67. The second-order valence-electron chi connectivity index (χ2n) is 12.0. The van der Waals surface area contributed by atoms with Crippen molar-refractivity contribution in [2.75, 3.05) is 6.61 Å². The molecule has 260 valence electrons. The Balaban J connectivity index is 1.05. The number of halogens is 3. The molecule has 0 unspecified atom stereocenters. The quantitative estimate of drug-likeness (QED) is 0.162. The minimum absolute atomic E-state index is 0.0388.